The topological polar surface area (TPSA) is 199 Å². The number of carbonyl (C=O) groups excluding carboxylic acids is 1. The van der Waals surface area contributed by atoms with E-state index in [0.29, 0.717) is 64.5 Å². The van der Waals surface area contributed by atoms with Crippen molar-refractivity contribution in [3.63, 3.8) is 0 Å². The molecule has 1 aromatic heterocycles. The molecule has 6 heterocycles. The molecular weight excluding hydrogens is 794 g/mol. The van der Waals surface area contributed by atoms with Crippen molar-refractivity contribution in [2.75, 3.05) is 55.6 Å². The molecule has 2 aromatic carbocycles. The average Bonchev–Trinajstić information content (AvgIpc) is 3.81. The van der Waals surface area contributed by atoms with Crippen molar-refractivity contribution in [2.45, 2.75) is 107 Å². The van der Waals surface area contributed by atoms with Crippen molar-refractivity contribution in [1.29, 1.82) is 5.26 Å². The van der Waals surface area contributed by atoms with E-state index < -0.39 is 36.9 Å². The van der Waals surface area contributed by atoms with Gasteiger partial charge in [0, 0.05) is 67.1 Å². The zero-order valence-electron chi connectivity index (χ0n) is 33.2. The minimum atomic E-state index is -1.09. The fourth-order valence-electron chi connectivity index (χ4n) is 10.7. The van der Waals surface area contributed by atoms with E-state index in [1.165, 1.54) is 11.3 Å². The van der Waals surface area contributed by atoms with Crippen LogP contribution in [0, 0.1) is 22.7 Å². The number of rotatable bonds is 9. The molecule has 3 aromatic rings. The number of nitrogens with two attached hydrogens (primary N) is 1. The van der Waals surface area contributed by atoms with Gasteiger partial charge in [-0.15, -0.1) is 10.2 Å². The van der Waals surface area contributed by atoms with E-state index in [2.05, 4.69) is 31.0 Å². The second-order valence-corrected chi connectivity index (χ2v) is 19.0. The van der Waals surface area contributed by atoms with E-state index in [1.807, 2.05) is 18.2 Å². The minimum Gasteiger partial charge on any atom is -0.490 e. The summed E-state index contributed by atoms with van der Waals surface area (Å²) < 4.78 is 6.18. The Morgan fingerprint density at radius 1 is 0.881 bits per heavy atom. The summed E-state index contributed by atoms with van der Waals surface area (Å²) in [5, 5.41) is 65.0. The first kappa shape index (κ1) is 40.8. The van der Waals surface area contributed by atoms with Crippen molar-refractivity contribution in [1.82, 2.24) is 24.9 Å². The normalized spacial score (nSPS) is 30.5. The van der Waals surface area contributed by atoms with E-state index in [-0.39, 0.29) is 17.2 Å². The van der Waals surface area contributed by atoms with Gasteiger partial charge in [-0.2, -0.15) is 5.26 Å². The number of benzene rings is 2. The zero-order valence-corrected chi connectivity index (χ0v) is 34.7. The number of aromatic nitrogens is 2. The molecular formula is C42H54ClN9O6S. The van der Waals surface area contributed by atoms with Crippen LogP contribution < -0.4 is 20.3 Å². The molecule has 5 fully saturated rings. The van der Waals surface area contributed by atoms with Crippen LogP contribution >= 0.6 is 22.9 Å². The van der Waals surface area contributed by atoms with Gasteiger partial charge in [0.05, 0.1) is 22.7 Å². The zero-order chi connectivity index (χ0) is 41.0. The lowest BCUT2D eigenvalue weighted by atomic mass is 9.72. The third-order valence-electron chi connectivity index (χ3n) is 14.1. The molecule has 0 bridgehead atoms. The number of aliphatic hydroxyl groups excluding tert-OH is 4. The number of hydrogen-bond donors (Lipinski definition) is 5. The molecule has 5 aliphatic heterocycles. The number of carbonyl (C=O) groups is 1. The van der Waals surface area contributed by atoms with Crippen molar-refractivity contribution >= 4 is 39.7 Å². The highest BCUT2D eigenvalue weighted by Gasteiger charge is 2.50. The summed E-state index contributed by atoms with van der Waals surface area (Å²) in [5.41, 5.74) is 8.43. The molecule has 1 amide bonds. The number of hydrogen-bond acceptors (Lipinski definition) is 15. The monoisotopic (exact) mass is 847 g/mol. The predicted molar refractivity (Wildman–Crippen MR) is 222 cm³/mol. The summed E-state index contributed by atoms with van der Waals surface area (Å²) in [6, 6.07) is 12.4. The van der Waals surface area contributed by atoms with Gasteiger partial charge in [0.25, 0.3) is 5.91 Å². The first-order valence-electron chi connectivity index (χ1n) is 21.1. The number of anilines is 2. The molecule has 17 heteroatoms. The van der Waals surface area contributed by atoms with Crippen molar-refractivity contribution in [3.05, 3.63) is 63.1 Å². The molecule has 6 aliphatic rings. The maximum atomic E-state index is 11.8. The van der Waals surface area contributed by atoms with Crippen LogP contribution in [0.2, 0.25) is 5.02 Å². The van der Waals surface area contributed by atoms with Crippen LogP contribution in [0.3, 0.4) is 0 Å². The highest BCUT2D eigenvalue weighted by Crippen LogP contribution is 2.47. The first-order valence-corrected chi connectivity index (χ1v) is 22.3. The van der Waals surface area contributed by atoms with Gasteiger partial charge in [0.15, 0.2) is 0 Å². The maximum absolute atomic E-state index is 11.8. The molecule has 9 rings (SSSR count). The van der Waals surface area contributed by atoms with Gasteiger partial charge in [-0.1, -0.05) is 29.0 Å². The van der Waals surface area contributed by atoms with Crippen LogP contribution in [0.5, 0.6) is 5.75 Å². The molecule has 1 aliphatic carbocycles. The number of fused-ring (bicyclic) bond motifs is 1. The lowest BCUT2D eigenvalue weighted by Gasteiger charge is -2.54. The van der Waals surface area contributed by atoms with Gasteiger partial charge in [0.1, 0.15) is 36.7 Å². The summed E-state index contributed by atoms with van der Waals surface area (Å²) in [7, 11) is 0. The number of likely N-dealkylation sites (tertiary alicyclic amines) is 2. The number of aliphatic hydroxyl groups is 4. The molecule has 5 atom stereocenters. The summed E-state index contributed by atoms with van der Waals surface area (Å²) >= 11 is 7.48. The van der Waals surface area contributed by atoms with Crippen LogP contribution in [0.15, 0.2) is 36.4 Å². The van der Waals surface area contributed by atoms with Crippen molar-refractivity contribution < 1.29 is 30.0 Å². The van der Waals surface area contributed by atoms with Crippen LogP contribution in [-0.4, -0.2) is 128 Å². The van der Waals surface area contributed by atoms with Crippen LogP contribution in [0.1, 0.15) is 103 Å². The van der Waals surface area contributed by atoms with E-state index in [9.17, 15) is 30.5 Å². The lowest BCUT2D eigenvalue weighted by Crippen LogP contribution is -2.62. The number of piperidine rings is 3. The molecule has 0 radical (unpaired) electrons. The van der Waals surface area contributed by atoms with Gasteiger partial charge >= 0.3 is 0 Å². The predicted octanol–water partition coefficient (Wildman–Crippen LogP) is 3.77. The van der Waals surface area contributed by atoms with Gasteiger partial charge in [0.2, 0.25) is 10.1 Å². The Kier molecular flexibility index (Phi) is 11.5. The summed E-state index contributed by atoms with van der Waals surface area (Å²) in [4.78, 5) is 22.0. The molecule has 0 unspecified atom stereocenters. The van der Waals surface area contributed by atoms with Gasteiger partial charge < -0.3 is 45.6 Å². The second kappa shape index (κ2) is 16.7. The summed E-state index contributed by atoms with van der Waals surface area (Å²) in [6.45, 7) is 7.06. The SMILES string of the molecule is N#Cc1ccc(OC2CCC(N3[C@H](O)CC[C@@H](N4[C@H](O)c5ccc(N6CCC(CN7CCC8(CC7)CN(c7nnc(C(N)=O)s7)C8)CC6)cc5[C@H]4O)[C@H]3O)CC2)cc1Cl. The lowest BCUT2D eigenvalue weighted by molar-refractivity contribution is -0.224. The van der Waals surface area contributed by atoms with Crippen LogP contribution in [-0.2, 0) is 0 Å². The van der Waals surface area contributed by atoms with Crippen molar-refractivity contribution in [3.8, 4) is 11.8 Å². The summed E-state index contributed by atoms with van der Waals surface area (Å²) in [5.74, 6) is 0.707. The maximum Gasteiger partial charge on any atom is 0.279 e. The fourth-order valence-corrected chi connectivity index (χ4v) is 11.6. The third-order valence-corrected chi connectivity index (χ3v) is 15.4. The Morgan fingerprint density at radius 2 is 1.61 bits per heavy atom. The van der Waals surface area contributed by atoms with E-state index in [0.717, 1.165) is 95.2 Å². The van der Waals surface area contributed by atoms with E-state index in [1.54, 1.807) is 28.0 Å². The standard InChI is InChI=1S/C42H54ClN9O6S/c43-33-20-30(5-1-26(33)21-44)58-29-6-2-27(3-7-29)51-35(53)10-9-34(40(51)57)52-38(55)31-8-4-28(19-32(31)39(52)56)49-15-11-25(12-16-49)22-48-17-13-42(14-18-48)23-50(24-42)41-47-46-37(59-41)36(45)54/h1,4-5,8,19-20,25,27,29,34-35,38-40,53,55-57H,2-3,6-7,9-18,22-24H2,(H2,45,54)/t27?,29?,34-,35-,38-,39-,40-/m1/s1. The fraction of sp³-hybridized carbons (Fsp3) is 0.619. The third kappa shape index (κ3) is 8.02. The van der Waals surface area contributed by atoms with Gasteiger partial charge in [-0.3, -0.25) is 4.79 Å². The molecule has 1 saturated carbocycles. The molecule has 316 valence electrons. The Hall–Kier alpha value is -3.63. The minimum absolute atomic E-state index is 0.0551. The summed E-state index contributed by atoms with van der Waals surface area (Å²) in [6.07, 6.45) is 4.06. The second-order valence-electron chi connectivity index (χ2n) is 17.6. The van der Waals surface area contributed by atoms with Crippen LogP contribution in [0.4, 0.5) is 10.8 Å². The number of amides is 1. The quantitative estimate of drug-likeness (QED) is 0.209. The average molecular weight is 848 g/mol. The molecule has 15 nitrogen and oxygen atoms in total. The van der Waals surface area contributed by atoms with Gasteiger partial charge in [-0.25, -0.2) is 9.80 Å². The highest BCUT2D eigenvalue weighted by molar-refractivity contribution is 7.17. The Morgan fingerprint density at radius 3 is 2.29 bits per heavy atom. The number of nitrogens with zero attached hydrogens (tertiary/aromatic N) is 8. The van der Waals surface area contributed by atoms with Gasteiger partial charge in [-0.05, 0) is 107 Å². The van der Waals surface area contributed by atoms with E-state index in [4.69, 9.17) is 22.1 Å². The molecule has 6 N–H and O–H groups in total. The Balaban J connectivity index is 0.755. The Bertz CT molecular complexity index is 2040. The molecule has 4 saturated heterocycles. The largest absolute Gasteiger partial charge is 0.490 e. The number of ether oxygens (including phenoxy) is 1. The number of nitriles is 1. The molecule has 1 spiro atoms. The smallest absolute Gasteiger partial charge is 0.279 e. The molecule has 59 heavy (non-hydrogen) atoms. The van der Waals surface area contributed by atoms with Crippen LogP contribution in [0.25, 0.3) is 0 Å². The van der Waals surface area contributed by atoms with Crippen molar-refractivity contribution in [2.24, 2.45) is 17.1 Å². The number of primary amides is 1. The number of halogens is 1. The first-order chi connectivity index (χ1) is 28.5. The van der Waals surface area contributed by atoms with E-state index >= 15 is 0 Å². The highest BCUT2D eigenvalue weighted by atomic mass is 35.5. The Labute approximate surface area is 353 Å².